The summed E-state index contributed by atoms with van der Waals surface area (Å²) < 4.78 is 7.54. The first-order valence-electron chi connectivity index (χ1n) is 12.2. The number of benzene rings is 1. The SMILES string of the molecule is CN(C)C(=O)N1CCN(CCCOc2ccc(CNC(=O)c3cc(C4CC4)nn3C)cc2Cl)CC1. The van der Waals surface area contributed by atoms with Gasteiger partial charge in [-0.2, -0.15) is 5.10 Å². The van der Waals surface area contributed by atoms with Crippen LogP contribution in [0.2, 0.25) is 5.02 Å². The van der Waals surface area contributed by atoms with E-state index >= 15 is 0 Å². The number of halogens is 1. The van der Waals surface area contributed by atoms with Crippen molar-refractivity contribution >= 4 is 23.5 Å². The molecule has 0 unspecified atom stereocenters. The number of hydrogen-bond acceptors (Lipinski definition) is 5. The van der Waals surface area contributed by atoms with Crippen LogP contribution in [0, 0.1) is 0 Å². The summed E-state index contributed by atoms with van der Waals surface area (Å²) in [4.78, 5) is 30.5. The molecule has 0 bridgehead atoms. The molecule has 10 heteroatoms. The van der Waals surface area contributed by atoms with Crippen LogP contribution in [0.25, 0.3) is 0 Å². The van der Waals surface area contributed by atoms with Gasteiger partial charge in [-0.25, -0.2) is 4.79 Å². The third-order valence-corrected chi connectivity index (χ3v) is 6.77. The molecule has 2 fully saturated rings. The summed E-state index contributed by atoms with van der Waals surface area (Å²) in [6.07, 6.45) is 3.19. The zero-order valence-electron chi connectivity index (χ0n) is 20.8. The minimum atomic E-state index is -0.143. The Balaban J connectivity index is 1.17. The van der Waals surface area contributed by atoms with Gasteiger partial charge in [0, 0.05) is 66.3 Å². The van der Waals surface area contributed by atoms with E-state index in [1.165, 1.54) is 0 Å². The molecule has 2 heterocycles. The summed E-state index contributed by atoms with van der Waals surface area (Å²) in [5, 5.41) is 7.93. The van der Waals surface area contributed by atoms with E-state index in [1.807, 2.05) is 29.2 Å². The second kappa shape index (κ2) is 11.3. The molecule has 1 aromatic heterocycles. The van der Waals surface area contributed by atoms with Crippen LogP contribution in [0.4, 0.5) is 4.79 Å². The molecule has 2 aromatic rings. The Morgan fingerprint density at radius 1 is 1.17 bits per heavy atom. The number of nitrogens with one attached hydrogen (secondary N) is 1. The highest BCUT2D eigenvalue weighted by atomic mass is 35.5. The van der Waals surface area contributed by atoms with Crippen molar-refractivity contribution in [1.82, 2.24) is 29.8 Å². The highest BCUT2D eigenvalue weighted by Gasteiger charge is 2.28. The van der Waals surface area contributed by atoms with E-state index in [0.717, 1.165) is 63.2 Å². The van der Waals surface area contributed by atoms with Crippen LogP contribution >= 0.6 is 11.6 Å². The molecule has 35 heavy (non-hydrogen) atoms. The van der Waals surface area contributed by atoms with Crippen molar-refractivity contribution < 1.29 is 14.3 Å². The minimum Gasteiger partial charge on any atom is -0.492 e. The largest absolute Gasteiger partial charge is 0.492 e. The van der Waals surface area contributed by atoms with Gasteiger partial charge in [-0.15, -0.1) is 0 Å². The maximum absolute atomic E-state index is 12.6. The standard InChI is InChI=1S/C25H35ClN6O3/c1-29(2)25(34)32-12-10-31(11-13-32)9-4-14-35-23-8-5-18(15-20(23)26)17-27-24(33)22-16-21(19-6-7-19)28-30(22)3/h5,8,15-16,19H,4,6-7,9-14,17H2,1-3H3,(H,27,33). The first-order valence-corrected chi connectivity index (χ1v) is 12.6. The summed E-state index contributed by atoms with van der Waals surface area (Å²) in [7, 11) is 5.37. The molecule has 1 saturated heterocycles. The van der Waals surface area contributed by atoms with Gasteiger partial charge in [-0.3, -0.25) is 14.4 Å². The van der Waals surface area contributed by atoms with Crippen molar-refractivity contribution in [2.45, 2.75) is 31.7 Å². The van der Waals surface area contributed by atoms with Gasteiger partial charge in [0.05, 0.1) is 17.3 Å². The van der Waals surface area contributed by atoms with Crippen LogP contribution in [-0.4, -0.2) is 89.8 Å². The van der Waals surface area contributed by atoms with Crippen molar-refractivity contribution in [3.63, 3.8) is 0 Å². The number of nitrogens with zero attached hydrogens (tertiary/aromatic N) is 5. The fraction of sp³-hybridized carbons (Fsp3) is 0.560. The van der Waals surface area contributed by atoms with Crippen LogP contribution in [0.3, 0.4) is 0 Å². The first kappa shape index (κ1) is 25.3. The number of carbonyl (C=O) groups excluding carboxylic acids is 2. The smallest absolute Gasteiger partial charge is 0.319 e. The van der Waals surface area contributed by atoms with Gasteiger partial charge in [0.2, 0.25) is 0 Å². The Hall–Kier alpha value is -2.78. The summed E-state index contributed by atoms with van der Waals surface area (Å²) in [5.74, 6) is 1.01. The van der Waals surface area contributed by atoms with E-state index < -0.39 is 0 Å². The van der Waals surface area contributed by atoms with E-state index in [1.54, 1.807) is 30.7 Å². The average Bonchev–Trinajstić information content (AvgIpc) is 3.62. The molecule has 0 spiro atoms. The number of aryl methyl sites for hydroxylation is 1. The average molecular weight is 503 g/mol. The van der Waals surface area contributed by atoms with Gasteiger partial charge < -0.3 is 19.9 Å². The van der Waals surface area contributed by atoms with Crippen molar-refractivity contribution in [3.8, 4) is 5.75 Å². The van der Waals surface area contributed by atoms with Crippen molar-refractivity contribution in [2.24, 2.45) is 7.05 Å². The van der Waals surface area contributed by atoms with Crippen molar-refractivity contribution in [2.75, 3.05) is 53.4 Å². The van der Waals surface area contributed by atoms with Gasteiger partial charge in [-0.05, 0) is 43.0 Å². The lowest BCUT2D eigenvalue weighted by atomic mass is 10.2. The lowest BCUT2D eigenvalue weighted by Crippen LogP contribution is -2.51. The molecule has 2 aliphatic rings. The highest BCUT2D eigenvalue weighted by Crippen LogP contribution is 2.39. The number of amides is 3. The maximum atomic E-state index is 12.6. The quantitative estimate of drug-likeness (QED) is 0.533. The number of carbonyl (C=O) groups is 2. The second-order valence-corrected chi connectivity index (χ2v) is 9.91. The Kier molecular flexibility index (Phi) is 8.18. The van der Waals surface area contributed by atoms with Crippen molar-refractivity contribution in [1.29, 1.82) is 0 Å². The van der Waals surface area contributed by atoms with Gasteiger partial charge >= 0.3 is 6.03 Å². The molecule has 1 saturated carbocycles. The van der Waals surface area contributed by atoms with E-state index in [2.05, 4.69) is 15.3 Å². The topological polar surface area (TPSA) is 82.9 Å². The summed E-state index contributed by atoms with van der Waals surface area (Å²) in [6.45, 7) is 5.13. The first-order chi connectivity index (χ1) is 16.8. The summed E-state index contributed by atoms with van der Waals surface area (Å²) >= 11 is 6.43. The molecule has 1 aromatic carbocycles. The van der Waals surface area contributed by atoms with Crippen LogP contribution in [-0.2, 0) is 13.6 Å². The predicted molar refractivity (Wildman–Crippen MR) is 135 cm³/mol. The molecule has 0 radical (unpaired) electrons. The normalized spacial score (nSPS) is 16.3. The fourth-order valence-electron chi connectivity index (χ4n) is 4.24. The Bertz CT molecular complexity index is 1040. The van der Waals surface area contributed by atoms with Crippen LogP contribution < -0.4 is 10.1 Å². The number of hydrogen-bond donors (Lipinski definition) is 1. The van der Waals surface area contributed by atoms with Gasteiger partial charge in [-0.1, -0.05) is 17.7 Å². The number of aromatic nitrogens is 2. The summed E-state index contributed by atoms with van der Waals surface area (Å²) in [6, 6.07) is 7.56. The van der Waals surface area contributed by atoms with E-state index in [4.69, 9.17) is 16.3 Å². The van der Waals surface area contributed by atoms with E-state index in [9.17, 15) is 9.59 Å². The highest BCUT2D eigenvalue weighted by molar-refractivity contribution is 6.32. The number of ether oxygens (including phenoxy) is 1. The molecule has 9 nitrogen and oxygen atoms in total. The van der Waals surface area contributed by atoms with Gasteiger partial charge in [0.25, 0.3) is 5.91 Å². The molecule has 0 atom stereocenters. The molecule has 1 aliphatic carbocycles. The number of piperazine rings is 1. The predicted octanol–water partition coefficient (Wildman–Crippen LogP) is 2.95. The minimum absolute atomic E-state index is 0.0744. The van der Waals surface area contributed by atoms with E-state index in [0.29, 0.717) is 35.5 Å². The monoisotopic (exact) mass is 502 g/mol. The Labute approximate surface area is 211 Å². The molecular weight excluding hydrogens is 468 g/mol. The zero-order chi connectivity index (χ0) is 24.9. The van der Waals surface area contributed by atoms with Crippen LogP contribution in [0.1, 0.15) is 46.9 Å². The van der Waals surface area contributed by atoms with Crippen molar-refractivity contribution in [3.05, 3.63) is 46.2 Å². The molecule has 1 N–H and O–H groups in total. The lowest BCUT2D eigenvalue weighted by Gasteiger charge is -2.35. The third kappa shape index (κ3) is 6.67. The van der Waals surface area contributed by atoms with Gasteiger partial charge in [0.1, 0.15) is 11.4 Å². The van der Waals surface area contributed by atoms with E-state index in [-0.39, 0.29) is 11.9 Å². The Morgan fingerprint density at radius 2 is 1.91 bits per heavy atom. The molecular formula is C25H35ClN6O3. The number of urea groups is 1. The van der Waals surface area contributed by atoms with Crippen LogP contribution in [0.15, 0.2) is 24.3 Å². The number of rotatable bonds is 9. The zero-order valence-corrected chi connectivity index (χ0v) is 21.6. The maximum Gasteiger partial charge on any atom is 0.319 e. The molecule has 4 rings (SSSR count). The summed E-state index contributed by atoms with van der Waals surface area (Å²) in [5.41, 5.74) is 2.48. The molecule has 1 aliphatic heterocycles. The molecule has 190 valence electrons. The Morgan fingerprint density at radius 3 is 2.57 bits per heavy atom. The van der Waals surface area contributed by atoms with Gasteiger partial charge in [0.15, 0.2) is 0 Å². The molecule has 3 amide bonds. The lowest BCUT2D eigenvalue weighted by molar-refractivity contribution is 0.0941. The fourth-order valence-corrected chi connectivity index (χ4v) is 4.50. The van der Waals surface area contributed by atoms with Crippen LogP contribution in [0.5, 0.6) is 5.75 Å². The second-order valence-electron chi connectivity index (χ2n) is 9.51. The third-order valence-electron chi connectivity index (χ3n) is 6.48.